The van der Waals surface area contributed by atoms with E-state index in [2.05, 4.69) is 10.1 Å². The second kappa shape index (κ2) is 6.84. The van der Waals surface area contributed by atoms with Crippen LogP contribution in [0, 0.1) is 5.82 Å². The van der Waals surface area contributed by atoms with Crippen molar-refractivity contribution in [2.75, 3.05) is 12.4 Å². The lowest BCUT2D eigenvalue weighted by Gasteiger charge is -2.08. The summed E-state index contributed by atoms with van der Waals surface area (Å²) in [6, 6.07) is 3.66. The third-order valence-corrected chi connectivity index (χ3v) is 2.48. The van der Waals surface area contributed by atoms with Crippen LogP contribution in [-0.2, 0) is 9.53 Å². The molecule has 0 aromatic heterocycles. The van der Waals surface area contributed by atoms with Crippen LogP contribution in [0.3, 0.4) is 0 Å². The average Bonchev–Trinajstić information content (AvgIpc) is 2.37. The van der Waals surface area contributed by atoms with E-state index in [1.165, 1.54) is 12.1 Å². The van der Waals surface area contributed by atoms with Crippen LogP contribution in [-0.4, -0.2) is 25.0 Å². The fourth-order valence-electron chi connectivity index (χ4n) is 1.45. The molecule has 0 fully saturated rings. The van der Waals surface area contributed by atoms with Gasteiger partial charge in [-0.15, -0.1) is 0 Å². The summed E-state index contributed by atoms with van der Waals surface area (Å²) in [5.74, 6) is -1.72. The maximum absolute atomic E-state index is 13.4. The SMILES string of the molecule is COC(=O)c1cc(NC(=O)CCC(C)N)ccc1F. The molecule has 19 heavy (non-hydrogen) atoms. The lowest BCUT2D eigenvalue weighted by Crippen LogP contribution is -2.19. The van der Waals surface area contributed by atoms with Crippen molar-refractivity contribution in [3.63, 3.8) is 0 Å². The van der Waals surface area contributed by atoms with Crippen molar-refractivity contribution in [3.8, 4) is 0 Å². The minimum atomic E-state index is -0.788. The zero-order valence-electron chi connectivity index (χ0n) is 10.9. The molecule has 1 aromatic carbocycles. The van der Waals surface area contributed by atoms with Gasteiger partial charge in [0.1, 0.15) is 5.82 Å². The van der Waals surface area contributed by atoms with Gasteiger partial charge in [-0.2, -0.15) is 0 Å². The Morgan fingerprint density at radius 1 is 1.47 bits per heavy atom. The summed E-state index contributed by atoms with van der Waals surface area (Å²) >= 11 is 0. The van der Waals surface area contributed by atoms with Crippen LogP contribution in [0.15, 0.2) is 18.2 Å². The highest BCUT2D eigenvalue weighted by atomic mass is 19.1. The molecule has 1 amide bonds. The van der Waals surface area contributed by atoms with Gasteiger partial charge in [0.05, 0.1) is 12.7 Å². The van der Waals surface area contributed by atoms with E-state index in [9.17, 15) is 14.0 Å². The normalized spacial score (nSPS) is 11.8. The summed E-state index contributed by atoms with van der Waals surface area (Å²) in [7, 11) is 1.16. The van der Waals surface area contributed by atoms with Crippen molar-refractivity contribution >= 4 is 17.6 Å². The van der Waals surface area contributed by atoms with E-state index in [-0.39, 0.29) is 23.9 Å². The Hall–Kier alpha value is -1.95. The highest BCUT2D eigenvalue weighted by Crippen LogP contribution is 2.16. The molecule has 0 aliphatic rings. The molecule has 3 N–H and O–H groups in total. The molecule has 0 aliphatic heterocycles. The number of rotatable bonds is 5. The third-order valence-electron chi connectivity index (χ3n) is 2.48. The van der Waals surface area contributed by atoms with Gasteiger partial charge in [-0.05, 0) is 31.5 Å². The topological polar surface area (TPSA) is 81.4 Å². The van der Waals surface area contributed by atoms with E-state index in [4.69, 9.17) is 5.73 Å². The summed E-state index contributed by atoms with van der Waals surface area (Å²) in [6.45, 7) is 1.81. The molecule has 1 unspecified atom stereocenters. The Balaban J connectivity index is 2.74. The lowest BCUT2D eigenvalue weighted by molar-refractivity contribution is -0.116. The number of nitrogens with one attached hydrogen (secondary N) is 1. The molecule has 0 saturated carbocycles. The van der Waals surface area contributed by atoms with E-state index < -0.39 is 11.8 Å². The molecule has 1 atom stereocenters. The molecule has 1 rings (SSSR count). The van der Waals surface area contributed by atoms with Crippen LogP contribution in [0.2, 0.25) is 0 Å². The monoisotopic (exact) mass is 268 g/mol. The smallest absolute Gasteiger partial charge is 0.340 e. The predicted octanol–water partition coefficient (Wildman–Crippen LogP) is 1.68. The van der Waals surface area contributed by atoms with Gasteiger partial charge < -0.3 is 15.8 Å². The van der Waals surface area contributed by atoms with E-state index in [0.29, 0.717) is 12.1 Å². The molecule has 0 radical (unpaired) electrons. The standard InChI is InChI=1S/C13H17FN2O3/c1-8(15)3-6-12(17)16-9-4-5-11(14)10(7-9)13(18)19-2/h4-5,7-8H,3,6,15H2,1-2H3,(H,16,17). The number of hydrogen-bond acceptors (Lipinski definition) is 4. The summed E-state index contributed by atoms with van der Waals surface area (Å²) < 4.78 is 17.8. The van der Waals surface area contributed by atoms with Crippen molar-refractivity contribution in [2.45, 2.75) is 25.8 Å². The number of hydrogen-bond donors (Lipinski definition) is 2. The number of methoxy groups -OCH3 is 1. The van der Waals surface area contributed by atoms with Crippen LogP contribution < -0.4 is 11.1 Å². The Labute approximate surface area is 110 Å². The summed E-state index contributed by atoms with van der Waals surface area (Å²) in [5.41, 5.74) is 5.67. The van der Waals surface area contributed by atoms with E-state index >= 15 is 0 Å². The minimum Gasteiger partial charge on any atom is -0.465 e. The highest BCUT2D eigenvalue weighted by molar-refractivity contribution is 5.94. The van der Waals surface area contributed by atoms with Gasteiger partial charge in [0.15, 0.2) is 0 Å². The van der Waals surface area contributed by atoms with Crippen LogP contribution in [0.5, 0.6) is 0 Å². The number of ether oxygens (including phenoxy) is 1. The van der Waals surface area contributed by atoms with Crippen molar-refractivity contribution < 1.29 is 18.7 Å². The number of esters is 1. The Kier molecular flexibility index (Phi) is 5.44. The summed E-state index contributed by atoms with van der Waals surface area (Å²) in [6.07, 6.45) is 0.819. The average molecular weight is 268 g/mol. The fraction of sp³-hybridized carbons (Fsp3) is 0.385. The minimum absolute atomic E-state index is 0.0652. The molecular weight excluding hydrogens is 251 g/mol. The number of benzene rings is 1. The van der Waals surface area contributed by atoms with Gasteiger partial charge in [0.25, 0.3) is 0 Å². The second-order valence-electron chi connectivity index (χ2n) is 4.25. The highest BCUT2D eigenvalue weighted by Gasteiger charge is 2.13. The number of amides is 1. The zero-order chi connectivity index (χ0) is 14.4. The first kappa shape index (κ1) is 15.1. The second-order valence-corrected chi connectivity index (χ2v) is 4.25. The van der Waals surface area contributed by atoms with Crippen LogP contribution >= 0.6 is 0 Å². The molecule has 5 nitrogen and oxygen atoms in total. The third kappa shape index (κ3) is 4.67. The van der Waals surface area contributed by atoms with Gasteiger partial charge in [-0.1, -0.05) is 0 Å². The number of nitrogens with two attached hydrogens (primary N) is 1. The maximum atomic E-state index is 13.4. The molecule has 0 saturated heterocycles. The van der Waals surface area contributed by atoms with E-state index in [1.54, 1.807) is 6.92 Å². The van der Waals surface area contributed by atoms with Gasteiger partial charge >= 0.3 is 5.97 Å². The molecule has 0 heterocycles. The maximum Gasteiger partial charge on any atom is 0.340 e. The first-order chi connectivity index (χ1) is 8.93. The number of halogens is 1. The Morgan fingerprint density at radius 2 is 2.16 bits per heavy atom. The van der Waals surface area contributed by atoms with Gasteiger partial charge in [-0.25, -0.2) is 9.18 Å². The van der Waals surface area contributed by atoms with E-state index in [1.807, 2.05) is 0 Å². The van der Waals surface area contributed by atoms with Gasteiger partial charge in [0, 0.05) is 18.2 Å². The number of carbonyl (C=O) groups is 2. The molecule has 0 aliphatic carbocycles. The van der Waals surface area contributed by atoms with Gasteiger partial charge in [-0.3, -0.25) is 4.79 Å². The van der Waals surface area contributed by atoms with E-state index in [0.717, 1.165) is 13.2 Å². The predicted molar refractivity (Wildman–Crippen MR) is 69.3 cm³/mol. The number of carbonyl (C=O) groups excluding carboxylic acids is 2. The van der Waals surface area contributed by atoms with Crippen LogP contribution in [0.4, 0.5) is 10.1 Å². The summed E-state index contributed by atoms with van der Waals surface area (Å²) in [4.78, 5) is 22.9. The van der Waals surface area contributed by atoms with Gasteiger partial charge in [0.2, 0.25) is 5.91 Å². The largest absolute Gasteiger partial charge is 0.465 e. The molecular formula is C13H17FN2O3. The molecule has 104 valence electrons. The molecule has 0 bridgehead atoms. The molecule has 6 heteroatoms. The van der Waals surface area contributed by atoms with Crippen molar-refractivity contribution in [2.24, 2.45) is 5.73 Å². The van der Waals surface area contributed by atoms with Crippen molar-refractivity contribution in [3.05, 3.63) is 29.6 Å². The number of anilines is 1. The molecule has 1 aromatic rings. The molecule has 0 spiro atoms. The summed E-state index contributed by atoms with van der Waals surface area (Å²) in [5, 5.41) is 2.57. The zero-order valence-corrected chi connectivity index (χ0v) is 10.9. The van der Waals surface area contributed by atoms with Crippen molar-refractivity contribution in [1.29, 1.82) is 0 Å². The van der Waals surface area contributed by atoms with Crippen LogP contribution in [0.1, 0.15) is 30.1 Å². The fourth-order valence-corrected chi connectivity index (χ4v) is 1.45. The van der Waals surface area contributed by atoms with Crippen LogP contribution in [0.25, 0.3) is 0 Å². The quantitative estimate of drug-likeness (QED) is 0.796. The lowest BCUT2D eigenvalue weighted by atomic mass is 10.1. The first-order valence-corrected chi connectivity index (χ1v) is 5.87. The first-order valence-electron chi connectivity index (χ1n) is 5.87. The Bertz CT molecular complexity index is 475. The van der Waals surface area contributed by atoms with Crippen molar-refractivity contribution in [1.82, 2.24) is 0 Å². The Morgan fingerprint density at radius 3 is 2.74 bits per heavy atom.